The van der Waals surface area contributed by atoms with Gasteiger partial charge in [0, 0.05) is 26.5 Å². The summed E-state index contributed by atoms with van der Waals surface area (Å²) >= 11 is 0. The third-order valence-electron chi connectivity index (χ3n) is 2.95. The number of sulfonamides is 2. The number of carbonyl (C=O) groups excluding carboxylic acids is 1. The first-order chi connectivity index (χ1) is 13.6. The molecule has 2 rings (SSSR count). The summed E-state index contributed by atoms with van der Waals surface area (Å²) in [4.78, 5) is 22.1. The lowest BCUT2D eigenvalue weighted by Crippen LogP contribution is -2.14. The number of anilines is 2. The molecular formula is C14H22N6O8S2. The molecule has 0 saturated carbocycles. The Balaban J connectivity index is 0.000000303. The summed E-state index contributed by atoms with van der Waals surface area (Å²) in [7, 11) is -3.90. The Labute approximate surface area is 172 Å². The number of hydrogen-bond acceptors (Lipinski definition) is 9. The first-order valence-electron chi connectivity index (χ1n) is 8.06. The Morgan fingerprint density at radius 2 is 1.37 bits per heavy atom. The second-order valence-corrected chi connectivity index (χ2v) is 9.40. The van der Waals surface area contributed by atoms with Crippen molar-refractivity contribution < 1.29 is 36.3 Å². The van der Waals surface area contributed by atoms with Gasteiger partial charge in [0.05, 0.1) is 19.1 Å². The second-order valence-electron chi connectivity index (χ2n) is 5.90. The molecule has 0 bridgehead atoms. The zero-order chi connectivity index (χ0) is 23.3. The number of aromatic carboxylic acids is 1. The Morgan fingerprint density at radius 3 is 1.73 bits per heavy atom. The lowest BCUT2D eigenvalue weighted by molar-refractivity contribution is 0.0527. The third-order valence-corrected chi connectivity index (χ3v) is 4.08. The van der Waals surface area contributed by atoms with Crippen LogP contribution >= 0.6 is 0 Å². The smallest absolute Gasteiger partial charge is 0.343 e. The van der Waals surface area contributed by atoms with Gasteiger partial charge in [-0.3, -0.25) is 18.8 Å². The molecule has 0 aliphatic carbocycles. The number of nitrogens with one attached hydrogen (secondary N) is 2. The number of rotatable bonds is 7. The molecule has 0 spiro atoms. The lowest BCUT2D eigenvalue weighted by Gasteiger charge is -2.02. The quantitative estimate of drug-likeness (QED) is 0.446. The normalized spacial score (nSPS) is 11.2. The fourth-order valence-corrected chi connectivity index (χ4v) is 3.00. The number of carboxylic acid groups (broad SMARTS) is 1. The maximum Gasteiger partial charge on any atom is 0.343 e. The molecule has 0 amide bonds. The third kappa shape index (κ3) is 8.08. The van der Waals surface area contributed by atoms with Crippen molar-refractivity contribution in [1.82, 2.24) is 19.6 Å². The molecule has 0 radical (unpaired) electrons. The van der Waals surface area contributed by atoms with Crippen LogP contribution in [0.3, 0.4) is 0 Å². The predicted octanol–water partition coefficient (Wildman–Crippen LogP) is -0.542. The van der Waals surface area contributed by atoms with E-state index in [-0.39, 0.29) is 29.4 Å². The van der Waals surface area contributed by atoms with Crippen LogP contribution in [0.2, 0.25) is 0 Å². The van der Waals surface area contributed by atoms with Crippen LogP contribution in [-0.4, -0.2) is 72.6 Å². The average molecular weight is 466 g/mol. The van der Waals surface area contributed by atoms with E-state index in [0.717, 1.165) is 12.5 Å². The van der Waals surface area contributed by atoms with Gasteiger partial charge in [0.2, 0.25) is 20.0 Å². The maximum absolute atomic E-state index is 11.5. The fourth-order valence-electron chi connectivity index (χ4n) is 1.99. The molecule has 0 saturated heterocycles. The average Bonchev–Trinajstić information content (AvgIpc) is 3.07. The van der Waals surface area contributed by atoms with Crippen molar-refractivity contribution in [3.8, 4) is 0 Å². The number of aryl methyl sites for hydroxylation is 2. The van der Waals surface area contributed by atoms with Crippen molar-refractivity contribution in [2.24, 2.45) is 14.1 Å². The molecule has 0 unspecified atom stereocenters. The van der Waals surface area contributed by atoms with E-state index >= 15 is 0 Å². The number of hydrogen-bond donors (Lipinski definition) is 3. The number of aromatic nitrogens is 4. The highest BCUT2D eigenvalue weighted by Crippen LogP contribution is 2.15. The number of carbonyl (C=O) groups is 2. The van der Waals surface area contributed by atoms with Crippen molar-refractivity contribution in [3.63, 3.8) is 0 Å². The highest BCUT2D eigenvalue weighted by atomic mass is 32.2. The summed E-state index contributed by atoms with van der Waals surface area (Å²) < 4.78 is 55.2. The Kier molecular flexibility index (Phi) is 7.94. The van der Waals surface area contributed by atoms with Crippen molar-refractivity contribution in [1.29, 1.82) is 0 Å². The number of esters is 1. The second kappa shape index (κ2) is 9.57. The van der Waals surface area contributed by atoms with E-state index in [1.165, 1.54) is 28.8 Å². The lowest BCUT2D eigenvalue weighted by atomic mass is 10.3. The molecule has 2 aromatic rings. The molecule has 0 aromatic carbocycles. The minimum Gasteiger partial charge on any atom is -0.477 e. The highest BCUT2D eigenvalue weighted by molar-refractivity contribution is 7.92. The van der Waals surface area contributed by atoms with Crippen LogP contribution < -0.4 is 9.44 Å². The Morgan fingerprint density at radius 1 is 0.967 bits per heavy atom. The molecule has 0 aliphatic rings. The van der Waals surface area contributed by atoms with E-state index in [4.69, 9.17) is 9.84 Å². The molecule has 30 heavy (non-hydrogen) atoms. The van der Waals surface area contributed by atoms with Crippen LogP contribution in [-0.2, 0) is 38.9 Å². The van der Waals surface area contributed by atoms with Gasteiger partial charge in [0.1, 0.15) is 11.1 Å². The first-order valence-corrected chi connectivity index (χ1v) is 11.8. The molecule has 2 aromatic heterocycles. The molecule has 0 aliphatic heterocycles. The molecule has 14 nitrogen and oxygen atoms in total. The summed E-state index contributed by atoms with van der Waals surface area (Å²) in [5.74, 6) is -2.04. The van der Waals surface area contributed by atoms with E-state index in [1.54, 1.807) is 14.0 Å². The van der Waals surface area contributed by atoms with E-state index in [9.17, 15) is 26.4 Å². The van der Waals surface area contributed by atoms with Gasteiger partial charge < -0.3 is 9.84 Å². The molecule has 3 N–H and O–H groups in total. The molecule has 0 atom stereocenters. The molecule has 0 fully saturated rings. The number of ether oxygens (including phenoxy) is 1. The van der Waals surface area contributed by atoms with Gasteiger partial charge in [-0.2, -0.15) is 10.2 Å². The minimum absolute atomic E-state index is 0.0246. The Bertz CT molecular complexity index is 1130. The fraction of sp³-hybridized carbons (Fsp3) is 0.429. The van der Waals surface area contributed by atoms with Crippen LogP contribution in [0.15, 0.2) is 12.4 Å². The van der Waals surface area contributed by atoms with Gasteiger partial charge in [-0.15, -0.1) is 0 Å². The zero-order valence-electron chi connectivity index (χ0n) is 16.8. The van der Waals surface area contributed by atoms with Gasteiger partial charge in [-0.1, -0.05) is 0 Å². The van der Waals surface area contributed by atoms with Crippen molar-refractivity contribution >= 4 is 43.6 Å². The SMILES string of the molecule is CCOC(=O)c1cn(C)nc1NS(C)(=O)=O.Cn1cc(C(=O)O)c(NS(C)(=O)=O)n1. The van der Waals surface area contributed by atoms with Gasteiger partial charge >= 0.3 is 11.9 Å². The van der Waals surface area contributed by atoms with E-state index in [1.807, 2.05) is 4.72 Å². The van der Waals surface area contributed by atoms with Crippen molar-refractivity contribution in [2.45, 2.75) is 6.92 Å². The number of nitrogens with zero attached hydrogens (tertiary/aromatic N) is 4. The summed E-state index contributed by atoms with van der Waals surface area (Å²) in [6.07, 6.45) is 4.52. The topological polar surface area (TPSA) is 192 Å². The zero-order valence-corrected chi connectivity index (χ0v) is 18.4. The van der Waals surface area contributed by atoms with E-state index < -0.39 is 32.0 Å². The Hall–Kier alpha value is -3.14. The van der Waals surface area contributed by atoms with Crippen LogP contribution in [0.5, 0.6) is 0 Å². The minimum atomic E-state index is -3.51. The van der Waals surface area contributed by atoms with Gasteiger partial charge in [0.25, 0.3) is 0 Å². The summed E-state index contributed by atoms with van der Waals surface area (Å²) in [5, 5.41) is 16.2. The van der Waals surface area contributed by atoms with Gasteiger partial charge in [-0.25, -0.2) is 26.4 Å². The summed E-state index contributed by atoms with van der Waals surface area (Å²) in [6, 6.07) is 0. The monoisotopic (exact) mass is 466 g/mol. The van der Waals surface area contributed by atoms with Gasteiger partial charge in [0.15, 0.2) is 11.6 Å². The molecule has 16 heteroatoms. The standard InChI is InChI=1S/C8H13N3O4S.C6H9N3O4S/c1-4-15-8(12)6-5-11(2)9-7(6)10-16(3,13)14;1-9-3-4(6(10)11)5(7-9)8-14(2,12)13/h5H,4H2,1-3H3,(H,9,10);3H,1-2H3,(H,7,8)(H,10,11). The van der Waals surface area contributed by atoms with Crippen LogP contribution in [0.1, 0.15) is 27.6 Å². The molecule has 2 heterocycles. The van der Waals surface area contributed by atoms with E-state index in [2.05, 4.69) is 14.9 Å². The van der Waals surface area contributed by atoms with Gasteiger partial charge in [-0.05, 0) is 6.92 Å². The van der Waals surface area contributed by atoms with Crippen molar-refractivity contribution in [2.75, 3.05) is 28.6 Å². The summed E-state index contributed by atoms with van der Waals surface area (Å²) in [5.41, 5.74) is -0.0901. The van der Waals surface area contributed by atoms with E-state index in [0.29, 0.717) is 0 Å². The number of carboxylic acids is 1. The molecule has 168 valence electrons. The summed E-state index contributed by atoms with van der Waals surface area (Å²) in [6.45, 7) is 1.88. The highest BCUT2D eigenvalue weighted by Gasteiger charge is 2.19. The van der Waals surface area contributed by atoms with Crippen LogP contribution in [0, 0.1) is 0 Å². The maximum atomic E-state index is 11.5. The first kappa shape index (κ1) is 24.9. The predicted molar refractivity (Wildman–Crippen MR) is 106 cm³/mol. The van der Waals surface area contributed by atoms with Crippen LogP contribution in [0.4, 0.5) is 11.6 Å². The molecular weight excluding hydrogens is 444 g/mol. The van der Waals surface area contributed by atoms with Crippen LogP contribution in [0.25, 0.3) is 0 Å². The van der Waals surface area contributed by atoms with Crippen molar-refractivity contribution in [3.05, 3.63) is 23.5 Å². The largest absolute Gasteiger partial charge is 0.477 e.